The van der Waals surface area contributed by atoms with Crippen LogP contribution in [0.2, 0.25) is 0 Å². The Bertz CT molecular complexity index is 500. The summed E-state index contributed by atoms with van der Waals surface area (Å²) in [5.41, 5.74) is 10.1. The monoisotopic (exact) mass is 228 g/mol. The maximum Gasteiger partial charge on any atom is 0.0652 e. The molecule has 0 amide bonds. The van der Waals surface area contributed by atoms with Crippen LogP contribution >= 0.6 is 0 Å². The molecule has 2 rings (SSSR count). The molecule has 0 aliphatic heterocycles. The van der Waals surface area contributed by atoms with Gasteiger partial charge in [0, 0.05) is 12.2 Å². The average Bonchev–Trinajstić information content (AvgIpc) is 2.82. The van der Waals surface area contributed by atoms with E-state index in [-0.39, 0.29) is 0 Å². The normalized spacial score (nSPS) is 10.8. The molecule has 0 bridgehead atoms. The Labute approximate surface area is 102 Å². The lowest BCUT2D eigenvalue weighted by molar-refractivity contribution is 0.792. The van der Waals surface area contributed by atoms with Crippen molar-refractivity contribution in [2.45, 2.75) is 33.2 Å². The van der Waals surface area contributed by atoms with Gasteiger partial charge in [-0.2, -0.15) is 5.10 Å². The van der Waals surface area contributed by atoms with E-state index in [4.69, 9.17) is 5.73 Å². The predicted octanol–water partition coefficient (Wildman–Crippen LogP) is 2.26. The summed E-state index contributed by atoms with van der Waals surface area (Å²) in [5, 5.41) is 4.61. The molecule has 3 heteroatoms. The van der Waals surface area contributed by atoms with Gasteiger partial charge in [-0.05, 0) is 42.7 Å². The van der Waals surface area contributed by atoms with Crippen LogP contribution in [0.15, 0.2) is 24.3 Å². The van der Waals surface area contributed by atoms with Crippen LogP contribution in [0.5, 0.6) is 0 Å². The zero-order valence-corrected chi connectivity index (χ0v) is 10.4. The first-order valence-corrected chi connectivity index (χ1v) is 6.07. The van der Waals surface area contributed by atoms with Crippen molar-refractivity contribution in [3.8, 4) is 5.69 Å². The summed E-state index contributed by atoms with van der Waals surface area (Å²) < 4.78 is 2.01. The van der Waals surface area contributed by atoms with Crippen molar-refractivity contribution in [1.82, 2.24) is 9.78 Å². The van der Waals surface area contributed by atoms with Crippen molar-refractivity contribution >= 4 is 0 Å². The van der Waals surface area contributed by atoms with Crippen LogP contribution in [0.1, 0.15) is 30.8 Å². The van der Waals surface area contributed by atoms with Gasteiger partial charge < -0.3 is 5.73 Å². The lowest BCUT2D eigenvalue weighted by Gasteiger charge is -2.07. The first kappa shape index (κ1) is 11.9. The largest absolute Gasteiger partial charge is 0.326 e. The molecule has 2 aromatic rings. The Morgan fingerprint density at radius 3 is 2.76 bits per heavy atom. The van der Waals surface area contributed by atoms with Gasteiger partial charge in [-0.25, -0.2) is 4.68 Å². The summed E-state index contributed by atoms with van der Waals surface area (Å²) in [7, 11) is 0. The van der Waals surface area contributed by atoms with E-state index >= 15 is 0 Å². The molecule has 0 spiro atoms. The number of benzene rings is 1. The van der Waals surface area contributed by atoms with Gasteiger partial charge in [0.2, 0.25) is 0 Å². The molecule has 0 saturated heterocycles. The minimum absolute atomic E-state index is 0.511. The summed E-state index contributed by atoms with van der Waals surface area (Å²) in [4.78, 5) is 0. The van der Waals surface area contributed by atoms with Crippen molar-refractivity contribution in [3.05, 3.63) is 47.3 Å². The van der Waals surface area contributed by atoms with Crippen LogP contribution in [-0.4, -0.2) is 9.78 Å². The summed E-state index contributed by atoms with van der Waals surface area (Å²) >= 11 is 0. The topological polar surface area (TPSA) is 43.8 Å². The Morgan fingerprint density at radius 1 is 1.29 bits per heavy atom. The van der Waals surface area contributed by atoms with E-state index in [1.54, 1.807) is 0 Å². The van der Waals surface area contributed by atoms with Gasteiger partial charge in [0.15, 0.2) is 0 Å². The van der Waals surface area contributed by atoms with Gasteiger partial charge in [-0.15, -0.1) is 0 Å². The fourth-order valence-electron chi connectivity index (χ4n) is 1.88. The summed E-state index contributed by atoms with van der Waals surface area (Å²) in [6.07, 6.45) is 1.94. The van der Waals surface area contributed by atoms with Gasteiger partial charge in [0.1, 0.15) is 0 Å². The molecule has 1 heterocycles. The molecule has 0 aliphatic carbocycles. The van der Waals surface area contributed by atoms with Crippen LogP contribution in [0.25, 0.3) is 5.69 Å². The highest BCUT2D eigenvalue weighted by molar-refractivity contribution is 5.36. The number of hydrogen-bond donors (Lipinski definition) is 1. The van der Waals surface area contributed by atoms with Crippen molar-refractivity contribution in [2.75, 3.05) is 0 Å². The summed E-state index contributed by atoms with van der Waals surface area (Å²) in [5.74, 6) is 0. The molecule has 0 saturated carbocycles. The second kappa shape index (κ2) is 5.15. The van der Waals surface area contributed by atoms with E-state index in [9.17, 15) is 0 Å². The molecule has 3 nitrogen and oxygen atoms in total. The second-order valence-electron chi connectivity index (χ2n) is 4.02. The zero-order chi connectivity index (χ0) is 12.3. The molecule has 0 fully saturated rings. The third-order valence-electron chi connectivity index (χ3n) is 2.87. The molecular weight excluding hydrogens is 210 g/mol. The molecule has 17 heavy (non-hydrogen) atoms. The summed E-state index contributed by atoms with van der Waals surface area (Å²) in [6.45, 7) is 4.78. The van der Waals surface area contributed by atoms with Crippen molar-refractivity contribution in [3.63, 3.8) is 0 Å². The minimum atomic E-state index is 0.511. The molecule has 1 aromatic carbocycles. The third-order valence-corrected chi connectivity index (χ3v) is 2.87. The standard InChI is InChI=1S/C14H18N3/c1-3-12-9-13(4-2)17(16-12)14-7-5-6-11(8-14)10-15/h5,7-9H,3-4,10,15H2,1-2H3. The lowest BCUT2D eigenvalue weighted by Crippen LogP contribution is -2.04. The van der Waals surface area contributed by atoms with Crippen LogP contribution in [0.3, 0.4) is 0 Å². The van der Waals surface area contributed by atoms with Gasteiger partial charge in [0.25, 0.3) is 0 Å². The molecule has 89 valence electrons. The SMILES string of the molecule is CCc1cc(CC)n(-c2cc[c]c(CN)c2)n1. The van der Waals surface area contributed by atoms with E-state index in [2.05, 4.69) is 31.1 Å². The Kier molecular flexibility index (Phi) is 3.59. The van der Waals surface area contributed by atoms with Gasteiger partial charge in [0.05, 0.1) is 11.4 Å². The number of nitrogens with zero attached hydrogens (tertiary/aromatic N) is 2. The highest BCUT2D eigenvalue weighted by atomic mass is 15.3. The van der Waals surface area contributed by atoms with Crippen molar-refractivity contribution < 1.29 is 0 Å². The highest BCUT2D eigenvalue weighted by Gasteiger charge is 2.07. The third kappa shape index (κ3) is 2.39. The van der Waals surface area contributed by atoms with E-state index in [0.717, 1.165) is 29.8 Å². The highest BCUT2D eigenvalue weighted by Crippen LogP contribution is 2.15. The number of rotatable bonds is 4. The lowest BCUT2D eigenvalue weighted by atomic mass is 10.2. The molecule has 1 aromatic heterocycles. The van der Waals surface area contributed by atoms with E-state index in [1.165, 1.54) is 5.69 Å². The average molecular weight is 228 g/mol. The quantitative estimate of drug-likeness (QED) is 0.872. The van der Waals surface area contributed by atoms with Gasteiger partial charge in [-0.1, -0.05) is 19.9 Å². The van der Waals surface area contributed by atoms with Gasteiger partial charge >= 0.3 is 0 Å². The van der Waals surface area contributed by atoms with Crippen LogP contribution in [-0.2, 0) is 19.4 Å². The van der Waals surface area contributed by atoms with Crippen LogP contribution < -0.4 is 5.73 Å². The number of aryl methyl sites for hydroxylation is 2. The van der Waals surface area contributed by atoms with E-state index in [1.807, 2.05) is 22.9 Å². The Balaban J connectivity index is 2.47. The Hall–Kier alpha value is -1.61. The number of nitrogens with two attached hydrogens (primary N) is 1. The maximum absolute atomic E-state index is 5.64. The van der Waals surface area contributed by atoms with E-state index < -0.39 is 0 Å². The maximum atomic E-state index is 5.64. The zero-order valence-electron chi connectivity index (χ0n) is 10.4. The molecule has 0 aliphatic rings. The first-order chi connectivity index (χ1) is 8.28. The predicted molar refractivity (Wildman–Crippen MR) is 69.0 cm³/mol. The van der Waals surface area contributed by atoms with Crippen molar-refractivity contribution in [1.29, 1.82) is 0 Å². The fraction of sp³-hybridized carbons (Fsp3) is 0.357. The van der Waals surface area contributed by atoms with Crippen molar-refractivity contribution in [2.24, 2.45) is 5.73 Å². The molecule has 0 unspecified atom stereocenters. The second-order valence-corrected chi connectivity index (χ2v) is 4.02. The first-order valence-electron chi connectivity index (χ1n) is 6.07. The molecular formula is C14H18N3. The number of hydrogen-bond acceptors (Lipinski definition) is 2. The Morgan fingerprint density at radius 2 is 2.12 bits per heavy atom. The molecule has 0 atom stereocenters. The van der Waals surface area contributed by atoms with Crippen LogP contribution in [0, 0.1) is 6.07 Å². The molecule has 2 N–H and O–H groups in total. The number of aromatic nitrogens is 2. The smallest absolute Gasteiger partial charge is 0.0652 e. The minimum Gasteiger partial charge on any atom is -0.326 e. The summed E-state index contributed by atoms with van der Waals surface area (Å²) in [6, 6.07) is 11.3. The van der Waals surface area contributed by atoms with E-state index in [0.29, 0.717) is 6.54 Å². The fourth-order valence-corrected chi connectivity index (χ4v) is 1.88. The van der Waals surface area contributed by atoms with Crippen LogP contribution in [0.4, 0.5) is 0 Å². The molecule has 1 radical (unpaired) electrons. The van der Waals surface area contributed by atoms with Gasteiger partial charge in [-0.3, -0.25) is 0 Å².